The molecule has 0 bridgehead atoms. The van der Waals surface area contributed by atoms with E-state index in [2.05, 4.69) is 35.2 Å². The van der Waals surface area contributed by atoms with Gasteiger partial charge in [-0.05, 0) is 24.5 Å². The Hall–Kier alpha value is -2.10. The zero-order valence-corrected chi connectivity index (χ0v) is 12.6. The number of nitrogens with one attached hydrogen (secondary N) is 1. The summed E-state index contributed by atoms with van der Waals surface area (Å²) in [4.78, 5) is 9.29. The summed E-state index contributed by atoms with van der Waals surface area (Å²) in [6.45, 7) is 5.18. The van der Waals surface area contributed by atoms with E-state index < -0.39 is 0 Å². The molecule has 4 nitrogen and oxygen atoms in total. The largest absolute Gasteiger partial charge is 0.482 e. The molecule has 110 valence electrons. The molecule has 21 heavy (non-hydrogen) atoms. The lowest BCUT2D eigenvalue weighted by atomic mass is 10.1. The average molecular weight is 283 g/mol. The lowest BCUT2D eigenvalue weighted by Gasteiger charge is -2.13. The third-order valence-corrected chi connectivity index (χ3v) is 3.65. The first kappa shape index (κ1) is 13.9. The van der Waals surface area contributed by atoms with Crippen LogP contribution in [0.3, 0.4) is 0 Å². The molecule has 0 spiro atoms. The number of anilines is 1. The fourth-order valence-corrected chi connectivity index (χ4v) is 2.51. The van der Waals surface area contributed by atoms with Gasteiger partial charge in [0.2, 0.25) is 0 Å². The van der Waals surface area contributed by atoms with Gasteiger partial charge in [-0.2, -0.15) is 0 Å². The van der Waals surface area contributed by atoms with E-state index >= 15 is 0 Å². The summed E-state index contributed by atoms with van der Waals surface area (Å²) in [6, 6.07) is 10.2. The van der Waals surface area contributed by atoms with E-state index in [1.165, 1.54) is 5.56 Å². The maximum atomic E-state index is 6.00. The molecule has 0 amide bonds. The Labute approximate surface area is 125 Å². The number of ether oxygens (including phenoxy) is 1. The molecule has 1 aromatic heterocycles. The van der Waals surface area contributed by atoms with Gasteiger partial charge in [0, 0.05) is 24.7 Å². The number of hydrogen-bond donors (Lipinski definition) is 1. The van der Waals surface area contributed by atoms with Crippen molar-refractivity contribution in [1.29, 1.82) is 0 Å². The van der Waals surface area contributed by atoms with Gasteiger partial charge in [-0.25, -0.2) is 9.97 Å². The number of aromatic nitrogens is 2. The van der Waals surface area contributed by atoms with Crippen LogP contribution in [-0.4, -0.2) is 16.5 Å². The third-order valence-electron chi connectivity index (χ3n) is 3.65. The van der Waals surface area contributed by atoms with Crippen LogP contribution >= 0.6 is 0 Å². The molecule has 1 aromatic carbocycles. The molecule has 3 rings (SSSR count). The van der Waals surface area contributed by atoms with Crippen molar-refractivity contribution in [1.82, 2.24) is 9.97 Å². The summed E-state index contributed by atoms with van der Waals surface area (Å²) in [5.74, 6) is 2.64. The highest BCUT2D eigenvalue weighted by Gasteiger charge is 2.26. The molecule has 0 fully saturated rings. The van der Waals surface area contributed by atoms with E-state index in [-0.39, 0.29) is 6.10 Å². The number of rotatable bonds is 5. The zero-order chi connectivity index (χ0) is 14.7. The molecule has 2 heterocycles. The summed E-state index contributed by atoms with van der Waals surface area (Å²) >= 11 is 0. The Bertz CT molecular complexity index is 602. The van der Waals surface area contributed by atoms with E-state index in [1.807, 2.05) is 24.3 Å². The fourth-order valence-electron chi connectivity index (χ4n) is 2.51. The Morgan fingerprint density at radius 2 is 2.10 bits per heavy atom. The number of benzene rings is 1. The highest BCUT2D eigenvalue weighted by Crippen LogP contribution is 2.35. The fraction of sp³-hybridized carbons (Fsp3) is 0.412. The third kappa shape index (κ3) is 2.99. The van der Waals surface area contributed by atoms with Crippen LogP contribution in [0.1, 0.15) is 43.5 Å². The standard InChI is InChI=1S/C17H21N3O/c1-3-9-18-16-11-13(4-2)19-17(20-16)15-10-12-7-5-6-8-14(12)21-15/h5-8,11,15H,3-4,9-10H2,1-2H3,(H,18,19,20). The number of hydrogen-bond acceptors (Lipinski definition) is 4. The van der Waals surface area contributed by atoms with Crippen LogP contribution in [0, 0.1) is 0 Å². The van der Waals surface area contributed by atoms with Crippen LogP contribution in [0.4, 0.5) is 5.82 Å². The minimum Gasteiger partial charge on any atom is -0.482 e. The Morgan fingerprint density at radius 1 is 1.24 bits per heavy atom. The molecule has 1 aliphatic rings. The van der Waals surface area contributed by atoms with E-state index in [0.29, 0.717) is 0 Å². The number of para-hydroxylation sites is 1. The molecule has 4 heteroatoms. The van der Waals surface area contributed by atoms with Gasteiger partial charge in [-0.3, -0.25) is 0 Å². The molecule has 0 radical (unpaired) electrons. The quantitative estimate of drug-likeness (QED) is 0.911. The Kier molecular flexibility index (Phi) is 4.04. The van der Waals surface area contributed by atoms with Gasteiger partial charge in [0.05, 0.1) is 0 Å². The number of aryl methyl sites for hydroxylation is 1. The van der Waals surface area contributed by atoms with Gasteiger partial charge < -0.3 is 10.1 Å². The first-order valence-corrected chi connectivity index (χ1v) is 7.66. The molecule has 1 atom stereocenters. The van der Waals surface area contributed by atoms with E-state index in [4.69, 9.17) is 4.74 Å². The smallest absolute Gasteiger partial charge is 0.172 e. The highest BCUT2D eigenvalue weighted by atomic mass is 16.5. The Morgan fingerprint density at radius 3 is 2.86 bits per heavy atom. The summed E-state index contributed by atoms with van der Waals surface area (Å²) in [5, 5.41) is 3.35. The molecule has 1 N–H and O–H groups in total. The van der Waals surface area contributed by atoms with Crippen LogP contribution in [0.5, 0.6) is 5.75 Å². The van der Waals surface area contributed by atoms with Gasteiger partial charge in [0.1, 0.15) is 11.6 Å². The topological polar surface area (TPSA) is 47.0 Å². The molecule has 1 aliphatic heterocycles. The lowest BCUT2D eigenvalue weighted by Crippen LogP contribution is -2.13. The minimum absolute atomic E-state index is 0.0731. The first-order chi connectivity index (χ1) is 10.3. The van der Waals surface area contributed by atoms with Crippen molar-refractivity contribution in [2.45, 2.75) is 39.2 Å². The SMILES string of the molecule is CCCNc1cc(CC)nc(C2Cc3ccccc3O2)n1. The molecule has 2 aromatic rings. The second kappa shape index (κ2) is 6.12. The van der Waals surface area contributed by atoms with Gasteiger partial charge in [-0.15, -0.1) is 0 Å². The van der Waals surface area contributed by atoms with Crippen LogP contribution in [0.25, 0.3) is 0 Å². The van der Waals surface area contributed by atoms with Gasteiger partial charge >= 0.3 is 0 Å². The van der Waals surface area contributed by atoms with Crippen LogP contribution in [-0.2, 0) is 12.8 Å². The molecular weight excluding hydrogens is 262 g/mol. The van der Waals surface area contributed by atoms with Gasteiger partial charge in [0.15, 0.2) is 11.9 Å². The van der Waals surface area contributed by atoms with Crippen molar-refractivity contribution in [3.8, 4) is 5.75 Å². The summed E-state index contributed by atoms with van der Waals surface area (Å²) in [6.07, 6.45) is 2.75. The van der Waals surface area contributed by atoms with E-state index in [1.54, 1.807) is 0 Å². The average Bonchev–Trinajstić information content (AvgIpc) is 2.96. The second-order valence-corrected chi connectivity index (χ2v) is 5.30. The van der Waals surface area contributed by atoms with Crippen molar-refractivity contribution in [2.75, 3.05) is 11.9 Å². The number of fused-ring (bicyclic) bond motifs is 1. The van der Waals surface area contributed by atoms with Crippen LogP contribution in [0.15, 0.2) is 30.3 Å². The predicted molar refractivity (Wildman–Crippen MR) is 83.7 cm³/mol. The second-order valence-electron chi connectivity index (χ2n) is 5.30. The van der Waals surface area contributed by atoms with Crippen molar-refractivity contribution in [2.24, 2.45) is 0 Å². The van der Waals surface area contributed by atoms with Crippen molar-refractivity contribution < 1.29 is 4.74 Å². The van der Waals surface area contributed by atoms with Gasteiger partial charge in [0.25, 0.3) is 0 Å². The predicted octanol–water partition coefficient (Wildman–Crippen LogP) is 3.54. The molecule has 0 aliphatic carbocycles. The highest BCUT2D eigenvalue weighted by molar-refractivity contribution is 5.40. The van der Waals surface area contributed by atoms with E-state index in [9.17, 15) is 0 Å². The van der Waals surface area contributed by atoms with Gasteiger partial charge in [-0.1, -0.05) is 32.0 Å². The summed E-state index contributed by atoms with van der Waals surface area (Å²) in [7, 11) is 0. The lowest BCUT2D eigenvalue weighted by molar-refractivity contribution is 0.227. The summed E-state index contributed by atoms with van der Waals surface area (Å²) in [5.41, 5.74) is 2.29. The minimum atomic E-state index is -0.0731. The number of nitrogens with zero attached hydrogens (tertiary/aromatic N) is 2. The normalized spacial score (nSPS) is 16.4. The van der Waals surface area contributed by atoms with E-state index in [0.717, 1.165) is 48.9 Å². The molecule has 0 saturated carbocycles. The summed E-state index contributed by atoms with van der Waals surface area (Å²) < 4.78 is 6.00. The first-order valence-electron chi connectivity index (χ1n) is 7.66. The Balaban J connectivity index is 1.85. The molecule has 1 unspecified atom stereocenters. The van der Waals surface area contributed by atoms with Crippen LogP contribution < -0.4 is 10.1 Å². The van der Waals surface area contributed by atoms with Crippen molar-refractivity contribution >= 4 is 5.82 Å². The zero-order valence-electron chi connectivity index (χ0n) is 12.6. The monoisotopic (exact) mass is 283 g/mol. The maximum Gasteiger partial charge on any atom is 0.172 e. The van der Waals surface area contributed by atoms with Crippen molar-refractivity contribution in [3.63, 3.8) is 0 Å². The molecule has 0 saturated heterocycles. The maximum absolute atomic E-state index is 6.00. The molecular formula is C17H21N3O. The van der Waals surface area contributed by atoms with Crippen molar-refractivity contribution in [3.05, 3.63) is 47.4 Å². The van der Waals surface area contributed by atoms with Crippen LogP contribution in [0.2, 0.25) is 0 Å².